The molecule has 172 valence electrons. The molecule has 2 aromatic carbocycles. The highest BCUT2D eigenvalue weighted by atomic mass is 16.5. The van der Waals surface area contributed by atoms with E-state index in [4.69, 9.17) is 9.47 Å². The Kier molecular flexibility index (Phi) is 8.14. The van der Waals surface area contributed by atoms with Crippen molar-refractivity contribution in [1.29, 1.82) is 0 Å². The van der Waals surface area contributed by atoms with Gasteiger partial charge >= 0.3 is 0 Å². The topological polar surface area (TPSA) is 67.9 Å². The third-order valence-corrected chi connectivity index (χ3v) is 6.26. The maximum absolute atomic E-state index is 13.2. The van der Waals surface area contributed by atoms with Gasteiger partial charge in [0.2, 0.25) is 5.91 Å². The zero-order valence-corrected chi connectivity index (χ0v) is 19.5. The largest absolute Gasteiger partial charge is 0.497 e. The number of carbonyl (C=O) groups is 2. The van der Waals surface area contributed by atoms with Crippen molar-refractivity contribution >= 4 is 11.8 Å². The lowest BCUT2D eigenvalue weighted by molar-refractivity contribution is -0.142. The van der Waals surface area contributed by atoms with E-state index < -0.39 is 6.04 Å². The molecule has 1 aliphatic rings. The van der Waals surface area contributed by atoms with Gasteiger partial charge in [0.25, 0.3) is 5.91 Å². The van der Waals surface area contributed by atoms with Gasteiger partial charge < -0.3 is 19.7 Å². The molecular weight excluding hydrogens is 404 g/mol. The number of nitrogens with one attached hydrogen (secondary N) is 1. The summed E-state index contributed by atoms with van der Waals surface area (Å²) in [6.07, 6.45) is 4.26. The van der Waals surface area contributed by atoms with Gasteiger partial charge in [-0.1, -0.05) is 37.1 Å². The first kappa shape index (κ1) is 23.6. The van der Waals surface area contributed by atoms with Crippen molar-refractivity contribution in [2.45, 2.75) is 65.1 Å². The fourth-order valence-corrected chi connectivity index (χ4v) is 4.05. The fraction of sp³-hybridized carbons (Fsp3) is 0.462. The number of benzene rings is 2. The van der Waals surface area contributed by atoms with Crippen molar-refractivity contribution in [1.82, 2.24) is 10.2 Å². The van der Waals surface area contributed by atoms with Gasteiger partial charge in [0.1, 0.15) is 17.5 Å². The molecular formula is C26H34N2O4. The van der Waals surface area contributed by atoms with Crippen LogP contribution in [-0.4, -0.2) is 42.5 Å². The summed E-state index contributed by atoms with van der Waals surface area (Å²) in [5, 5.41) is 3.11. The van der Waals surface area contributed by atoms with Crippen LogP contribution in [0.2, 0.25) is 0 Å². The number of ether oxygens (including phenoxy) is 2. The zero-order valence-electron chi connectivity index (χ0n) is 19.5. The summed E-state index contributed by atoms with van der Waals surface area (Å²) in [7, 11) is 1.61. The molecule has 0 bridgehead atoms. The van der Waals surface area contributed by atoms with Gasteiger partial charge in [-0.3, -0.25) is 9.59 Å². The van der Waals surface area contributed by atoms with Crippen LogP contribution >= 0.6 is 0 Å². The van der Waals surface area contributed by atoms with Crippen LogP contribution in [0.15, 0.2) is 42.5 Å². The van der Waals surface area contributed by atoms with Crippen LogP contribution < -0.4 is 14.8 Å². The molecule has 3 rings (SSSR count). The van der Waals surface area contributed by atoms with Crippen LogP contribution in [0.1, 0.15) is 49.3 Å². The Morgan fingerprint density at radius 2 is 1.84 bits per heavy atom. The summed E-state index contributed by atoms with van der Waals surface area (Å²) in [4.78, 5) is 27.8. The summed E-state index contributed by atoms with van der Waals surface area (Å²) in [5.41, 5.74) is 3.00. The SMILES string of the molecule is COc1cccc(CN(C(=O)COc2cccc(C)c2C)[C@@H](C)C(=O)NC2CCCC2)c1. The first-order chi connectivity index (χ1) is 15.4. The van der Waals surface area contributed by atoms with E-state index >= 15 is 0 Å². The van der Waals surface area contributed by atoms with Crippen LogP contribution in [0.3, 0.4) is 0 Å². The van der Waals surface area contributed by atoms with Gasteiger partial charge in [0.15, 0.2) is 6.61 Å². The van der Waals surface area contributed by atoms with Crippen molar-refractivity contribution in [2.75, 3.05) is 13.7 Å². The predicted octanol–water partition coefficient (Wildman–Crippen LogP) is 4.17. The molecule has 0 aromatic heterocycles. The second-order valence-electron chi connectivity index (χ2n) is 8.53. The number of nitrogens with zero attached hydrogens (tertiary/aromatic N) is 1. The van der Waals surface area contributed by atoms with Crippen LogP contribution in [0.4, 0.5) is 0 Å². The zero-order chi connectivity index (χ0) is 23.1. The van der Waals surface area contributed by atoms with E-state index in [-0.39, 0.29) is 24.5 Å². The number of amides is 2. The van der Waals surface area contributed by atoms with Gasteiger partial charge in [0, 0.05) is 12.6 Å². The molecule has 0 saturated heterocycles. The monoisotopic (exact) mass is 438 g/mol. The highest BCUT2D eigenvalue weighted by molar-refractivity contribution is 5.88. The lowest BCUT2D eigenvalue weighted by Gasteiger charge is -2.30. The number of hydrogen-bond donors (Lipinski definition) is 1. The second-order valence-corrected chi connectivity index (χ2v) is 8.53. The third-order valence-electron chi connectivity index (χ3n) is 6.26. The van der Waals surface area contributed by atoms with Crippen molar-refractivity contribution in [3.05, 3.63) is 59.2 Å². The van der Waals surface area contributed by atoms with Crippen LogP contribution in [0, 0.1) is 13.8 Å². The smallest absolute Gasteiger partial charge is 0.261 e. The highest BCUT2D eigenvalue weighted by Crippen LogP contribution is 2.22. The van der Waals surface area contributed by atoms with Crippen molar-refractivity contribution < 1.29 is 19.1 Å². The van der Waals surface area contributed by atoms with Crippen molar-refractivity contribution in [3.63, 3.8) is 0 Å². The van der Waals surface area contributed by atoms with Gasteiger partial charge in [-0.15, -0.1) is 0 Å². The summed E-state index contributed by atoms with van der Waals surface area (Å²) in [6.45, 7) is 5.93. The molecule has 0 aliphatic heterocycles. The molecule has 6 nitrogen and oxygen atoms in total. The molecule has 6 heteroatoms. The van der Waals surface area contributed by atoms with E-state index in [1.165, 1.54) is 0 Å². The predicted molar refractivity (Wildman–Crippen MR) is 125 cm³/mol. The molecule has 0 radical (unpaired) electrons. The Morgan fingerprint density at radius 1 is 1.12 bits per heavy atom. The minimum Gasteiger partial charge on any atom is -0.497 e. The quantitative estimate of drug-likeness (QED) is 0.638. The van der Waals surface area contributed by atoms with Crippen molar-refractivity contribution in [3.8, 4) is 11.5 Å². The summed E-state index contributed by atoms with van der Waals surface area (Å²) >= 11 is 0. The first-order valence-electron chi connectivity index (χ1n) is 11.3. The van der Waals surface area contributed by atoms with Gasteiger partial charge in [-0.2, -0.15) is 0 Å². The summed E-state index contributed by atoms with van der Waals surface area (Å²) in [5.74, 6) is 1.04. The summed E-state index contributed by atoms with van der Waals surface area (Å²) in [6, 6.07) is 12.9. The van der Waals surface area contributed by atoms with Crippen LogP contribution in [0.25, 0.3) is 0 Å². The third kappa shape index (κ3) is 6.02. The van der Waals surface area contributed by atoms with Gasteiger partial charge in [0.05, 0.1) is 7.11 Å². The van der Waals surface area contributed by atoms with Crippen LogP contribution in [0.5, 0.6) is 11.5 Å². The molecule has 2 aromatic rings. The number of carbonyl (C=O) groups excluding carboxylic acids is 2. The minimum atomic E-state index is -0.614. The van der Waals surface area contributed by atoms with E-state index in [1.54, 1.807) is 18.9 Å². The molecule has 2 amide bonds. The number of methoxy groups -OCH3 is 1. The Hall–Kier alpha value is -3.02. The molecule has 0 unspecified atom stereocenters. The number of aryl methyl sites for hydroxylation is 1. The molecule has 0 heterocycles. The molecule has 1 saturated carbocycles. The Morgan fingerprint density at radius 3 is 2.56 bits per heavy atom. The molecule has 1 atom stereocenters. The van der Waals surface area contributed by atoms with E-state index in [1.807, 2.05) is 56.3 Å². The fourth-order valence-electron chi connectivity index (χ4n) is 4.05. The average Bonchev–Trinajstić information content (AvgIpc) is 3.31. The van der Waals surface area contributed by atoms with Gasteiger partial charge in [-0.05, 0) is 68.5 Å². The summed E-state index contributed by atoms with van der Waals surface area (Å²) < 4.78 is 11.2. The van der Waals surface area contributed by atoms with E-state index in [2.05, 4.69) is 5.32 Å². The van der Waals surface area contributed by atoms with Gasteiger partial charge in [-0.25, -0.2) is 0 Å². The normalized spacial score (nSPS) is 14.6. The average molecular weight is 439 g/mol. The lowest BCUT2D eigenvalue weighted by atomic mass is 10.1. The van der Waals surface area contributed by atoms with E-state index in [0.29, 0.717) is 18.0 Å². The Balaban J connectivity index is 1.75. The molecule has 1 fully saturated rings. The Bertz CT molecular complexity index is 937. The molecule has 0 spiro atoms. The molecule has 1 aliphatic carbocycles. The molecule has 1 N–H and O–H groups in total. The van der Waals surface area contributed by atoms with E-state index in [0.717, 1.165) is 42.4 Å². The lowest BCUT2D eigenvalue weighted by Crippen LogP contribution is -2.50. The highest BCUT2D eigenvalue weighted by Gasteiger charge is 2.29. The standard InChI is InChI=1S/C26H34N2O4/c1-18-9-7-14-24(19(18)2)32-17-25(29)28(16-21-10-8-13-23(15-21)31-4)20(3)26(30)27-22-11-5-6-12-22/h7-10,13-15,20,22H,5-6,11-12,16-17H2,1-4H3,(H,27,30)/t20-/m0/s1. The van der Waals surface area contributed by atoms with Crippen LogP contribution in [-0.2, 0) is 16.1 Å². The number of hydrogen-bond acceptors (Lipinski definition) is 4. The van der Waals surface area contributed by atoms with Crippen molar-refractivity contribution in [2.24, 2.45) is 0 Å². The Labute approximate surface area is 190 Å². The maximum atomic E-state index is 13.2. The molecule has 32 heavy (non-hydrogen) atoms. The second kappa shape index (κ2) is 11.0. The minimum absolute atomic E-state index is 0.125. The first-order valence-corrected chi connectivity index (χ1v) is 11.3. The maximum Gasteiger partial charge on any atom is 0.261 e. The number of rotatable bonds is 9. The van der Waals surface area contributed by atoms with E-state index in [9.17, 15) is 9.59 Å².